The van der Waals surface area contributed by atoms with E-state index in [0.717, 1.165) is 52.3 Å². The van der Waals surface area contributed by atoms with Crippen LogP contribution in [0, 0.1) is 0 Å². The molecule has 0 saturated heterocycles. The van der Waals surface area contributed by atoms with Gasteiger partial charge in [0.15, 0.2) is 0 Å². The number of pyridine rings is 1. The Balaban J connectivity index is 1.41. The summed E-state index contributed by atoms with van der Waals surface area (Å²) in [7, 11) is 0. The molecule has 0 amide bonds. The van der Waals surface area contributed by atoms with Gasteiger partial charge in [0.1, 0.15) is 18.1 Å². The molecule has 0 radical (unpaired) electrons. The maximum Gasteiger partial charge on any atom is 0.139 e. The van der Waals surface area contributed by atoms with Gasteiger partial charge in [-0.1, -0.05) is 75.4 Å². The quantitative estimate of drug-likeness (QED) is 0.247. The van der Waals surface area contributed by atoms with E-state index in [0.29, 0.717) is 6.61 Å². The SMILES string of the molecule is CCCCCCCCOc1ccc(-c2nc3ccccc3c3c2-c2ccccc2CO3)cc1. The third kappa shape index (κ3) is 4.59. The average Bonchev–Trinajstić information content (AvgIpc) is 2.88. The lowest BCUT2D eigenvalue weighted by Crippen LogP contribution is -2.08. The molecule has 0 saturated carbocycles. The summed E-state index contributed by atoms with van der Waals surface area (Å²) in [5.41, 5.74) is 6.46. The Morgan fingerprint density at radius 1 is 0.818 bits per heavy atom. The first-order valence-corrected chi connectivity index (χ1v) is 12.2. The number of benzene rings is 3. The third-order valence-corrected chi connectivity index (χ3v) is 6.40. The van der Waals surface area contributed by atoms with E-state index < -0.39 is 0 Å². The first-order valence-electron chi connectivity index (χ1n) is 12.2. The molecule has 0 N–H and O–H groups in total. The lowest BCUT2D eigenvalue weighted by atomic mass is 9.91. The van der Waals surface area contributed by atoms with E-state index in [2.05, 4.69) is 67.6 Å². The van der Waals surface area contributed by atoms with Crippen molar-refractivity contribution in [3.8, 4) is 33.9 Å². The van der Waals surface area contributed by atoms with Crippen molar-refractivity contribution in [2.24, 2.45) is 0 Å². The minimum Gasteiger partial charge on any atom is -0.494 e. The zero-order valence-corrected chi connectivity index (χ0v) is 19.3. The average molecular weight is 438 g/mol. The van der Waals surface area contributed by atoms with E-state index in [1.807, 2.05) is 12.1 Å². The fourth-order valence-corrected chi connectivity index (χ4v) is 4.61. The molecule has 33 heavy (non-hydrogen) atoms. The summed E-state index contributed by atoms with van der Waals surface area (Å²) >= 11 is 0. The predicted octanol–water partition coefficient (Wildman–Crippen LogP) is 8.20. The topological polar surface area (TPSA) is 31.4 Å². The van der Waals surface area contributed by atoms with Gasteiger partial charge in [0, 0.05) is 10.9 Å². The van der Waals surface area contributed by atoms with Crippen LogP contribution in [0.3, 0.4) is 0 Å². The molecule has 3 heteroatoms. The van der Waals surface area contributed by atoms with Crippen molar-refractivity contribution >= 4 is 10.9 Å². The second-order valence-electron chi connectivity index (χ2n) is 8.77. The van der Waals surface area contributed by atoms with Crippen molar-refractivity contribution in [3.63, 3.8) is 0 Å². The molecule has 168 valence electrons. The first-order chi connectivity index (χ1) is 16.3. The van der Waals surface area contributed by atoms with Crippen LogP contribution in [0.15, 0.2) is 72.8 Å². The molecule has 1 aliphatic heterocycles. The summed E-state index contributed by atoms with van der Waals surface area (Å²) in [6.07, 6.45) is 7.61. The molecule has 0 bridgehead atoms. The molecule has 5 rings (SSSR count). The van der Waals surface area contributed by atoms with Crippen LogP contribution in [0.1, 0.15) is 51.0 Å². The highest BCUT2D eigenvalue weighted by atomic mass is 16.5. The standard InChI is InChI=1S/C30H31NO2/c1-2-3-4-5-6-11-20-32-24-18-16-22(17-19-24)29-28-25-13-8-7-12-23(25)21-33-30(28)26-14-9-10-15-27(26)31-29/h7-10,12-19H,2-6,11,20-21H2,1H3. The number of hydrogen-bond donors (Lipinski definition) is 0. The van der Waals surface area contributed by atoms with E-state index >= 15 is 0 Å². The van der Waals surface area contributed by atoms with Crippen molar-refractivity contribution in [2.75, 3.05) is 6.61 Å². The lowest BCUT2D eigenvalue weighted by Gasteiger charge is -2.24. The molecule has 1 aliphatic rings. The Bertz CT molecular complexity index is 1230. The number of nitrogens with zero attached hydrogens (tertiary/aromatic N) is 1. The maximum atomic E-state index is 6.28. The normalized spacial score (nSPS) is 12.2. The largest absolute Gasteiger partial charge is 0.494 e. The minimum atomic E-state index is 0.585. The van der Waals surface area contributed by atoms with E-state index in [4.69, 9.17) is 14.5 Å². The number of hydrogen-bond acceptors (Lipinski definition) is 3. The minimum absolute atomic E-state index is 0.585. The summed E-state index contributed by atoms with van der Waals surface area (Å²) in [5.74, 6) is 1.84. The van der Waals surface area contributed by atoms with E-state index in [-0.39, 0.29) is 0 Å². The van der Waals surface area contributed by atoms with Gasteiger partial charge < -0.3 is 9.47 Å². The highest BCUT2D eigenvalue weighted by Crippen LogP contribution is 2.46. The number of rotatable bonds is 9. The van der Waals surface area contributed by atoms with Crippen LogP contribution in [0.4, 0.5) is 0 Å². The Morgan fingerprint density at radius 2 is 1.58 bits per heavy atom. The molecule has 0 unspecified atom stereocenters. The van der Waals surface area contributed by atoms with Gasteiger partial charge >= 0.3 is 0 Å². The molecular formula is C30H31NO2. The second kappa shape index (κ2) is 10.1. The van der Waals surface area contributed by atoms with Crippen molar-refractivity contribution in [1.82, 2.24) is 4.98 Å². The van der Waals surface area contributed by atoms with Gasteiger partial charge in [0.05, 0.1) is 23.4 Å². The number of aromatic nitrogens is 1. The van der Waals surface area contributed by atoms with Crippen LogP contribution in [0.5, 0.6) is 11.5 Å². The molecule has 2 heterocycles. The summed E-state index contributed by atoms with van der Waals surface area (Å²) in [6.45, 7) is 3.61. The van der Waals surface area contributed by atoms with Crippen molar-refractivity contribution in [3.05, 3.63) is 78.4 Å². The molecule has 1 aromatic heterocycles. The predicted molar refractivity (Wildman–Crippen MR) is 136 cm³/mol. The van der Waals surface area contributed by atoms with Crippen molar-refractivity contribution in [2.45, 2.75) is 52.1 Å². The summed E-state index contributed by atoms with van der Waals surface area (Å²) in [4.78, 5) is 5.08. The van der Waals surface area contributed by atoms with Crippen LogP contribution in [0.25, 0.3) is 33.3 Å². The molecule has 0 spiro atoms. The zero-order chi connectivity index (χ0) is 22.5. The highest BCUT2D eigenvalue weighted by molar-refractivity contribution is 6.00. The lowest BCUT2D eigenvalue weighted by molar-refractivity contribution is 0.304. The number of ether oxygens (including phenoxy) is 2. The van der Waals surface area contributed by atoms with Gasteiger partial charge in [-0.25, -0.2) is 4.98 Å². The van der Waals surface area contributed by atoms with E-state index in [1.165, 1.54) is 43.2 Å². The van der Waals surface area contributed by atoms with Crippen LogP contribution in [-0.2, 0) is 6.61 Å². The van der Waals surface area contributed by atoms with Crippen LogP contribution in [-0.4, -0.2) is 11.6 Å². The van der Waals surface area contributed by atoms with Crippen LogP contribution in [0.2, 0.25) is 0 Å². The summed E-state index contributed by atoms with van der Waals surface area (Å²) in [5, 5.41) is 1.06. The second-order valence-corrected chi connectivity index (χ2v) is 8.77. The van der Waals surface area contributed by atoms with E-state index in [1.54, 1.807) is 0 Å². The number of fused-ring (bicyclic) bond motifs is 5. The Labute approximate surface area is 196 Å². The Morgan fingerprint density at radius 3 is 2.45 bits per heavy atom. The molecule has 0 atom stereocenters. The van der Waals surface area contributed by atoms with E-state index in [9.17, 15) is 0 Å². The fourth-order valence-electron chi connectivity index (χ4n) is 4.61. The molecule has 3 nitrogen and oxygen atoms in total. The van der Waals surface area contributed by atoms with Crippen molar-refractivity contribution < 1.29 is 9.47 Å². The molecule has 0 fully saturated rings. The third-order valence-electron chi connectivity index (χ3n) is 6.40. The first kappa shape index (κ1) is 21.5. The van der Waals surface area contributed by atoms with Crippen LogP contribution < -0.4 is 9.47 Å². The van der Waals surface area contributed by atoms with Gasteiger partial charge in [-0.2, -0.15) is 0 Å². The van der Waals surface area contributed by atoms with Crippen LogP contribution >= 0.6 is 0 Å². The summed E-state index contributed by atoms with van der Waals surface area (Å²) in [6, 6.07) is 25.0. The molecule has 0 aliphatic carbocycles. The Hall–Kier alpha value is -3.33. The van der Waals surface area contributed by atoms with Crippen molar-refractivity contribution in [1.29, 1.82) is 0 Å². The van der Waals surface area contributed by atoms with Gasteiger partial charge in [0.25, 0.3) is 0 Å². The number of para-hydroxylation sites is 1. The smallest absolute Gasteiger partial charge is 0.139 e. The van der Waals surface area contributed by atoms with Gasteiger partial charge in [-0.15, -0.1) is 0 Å². The van der Waals surface area contributed by atoms with Gasteiger partial charge in [0.2, 0.25) is 0 Å². The number of unbranched alkanes of at least 4 members (excludes halogenated alkanes) is 5. The Kier molecular flexibility index (Phi) is 6.57. The fraction of sp³-hybridized carbons (Fsp3) is 0.300. The maximum absolute atomic E-state index is 6.28. The summed E-state index contributed by atoms with van der Waals surface area (Å²) < 4.78 is 12.3. The highest BCUT2D eigenvalue weighted by Gasteiger charge is 2.24. The molecular weight excluding hydrogens is 406 g/mol. The zero-order valence-electron chi connectivity index (χ0n) is 19.3. The molecule has 3 aromatic carbocycles. The monoisotopic (exact) mass is 437 g/mol. The van der Waals surface area contributed by atoms with Gasteiger partial charge in [-0.3, -0.25) is 0 Å². The molecule has 4 aromatic rings. The van der Waals surface area contributed by atoms with Gasteiger partial charge in [-0.05, 0) is 53.9 Å².